The Morgan fingerprint density at radius 1 is 1.24 bits per heavy atom. The third-order valence-corrected chi connectivity index (χ3v) is 3.15. The van der Waals surface area contributed by atoms with Gasteiger partial charge in [-0.1, -0.05) is 30.3 Å². The Morgan fingerprint density at radius 2 is 2.10 bits per heavy atom. The highest BCUT2D eigenvalue weighted by Gasteiger charge is 2.14. The molecule has 21 heavy (non-hydrogen) atoms. The van der Waals surface area contributed by atoms with E-state index in [0.717, 1.165) is 17.1 Å². The largest absolute Gasteiger partial charge is 0.351 e. The Balaban J connectivity index is 1.67. The number of aromatic amines is 2. The number of rotatable bonds is 5. The zero-order valence-electron chi connectivity index (χ0n) is 11.3. The standard InChI is InChI=1S/C15H15N5O/c21-15(18-7-6-13-16-8-9-17-13)12-10-19-20-14(12)11-4-2-1-3-5-11/h1-5,8-10H,6-7H2,(H,16,17)(H,18,21)(H,19,20). The smallest absolute Gasteiger partial charge is 0.255 e. The zero-order chi connectivity index (χ0) is 14.5. The zero-order valence-corrected chi connectivity index (χ0v) is 11.3. The molecule has 6 nitrogen and oxygen atoms in total. The van der Waals surface area contributed by atoms with Crippen LogP contribution in [-0.2, 0) is 6.42 Å². The second-order valence-corrected chi connectivity index (χ2v) is 4.57. The number of amides is 1. The minimum absolute atomic E-state index is 0.144. The van der Waals surface area contributed by atoms with Crippen molar-refractivity contribution in [2.75, 3.05) is 6.54 Å². The lowest BCUT2D eigenvalue weighted by Crippen LogP contribution is -2.26. The average Bonchev–Trinajstić information content (AvgIpc) is 3.19. The quantitative estimate of drug-likeness (QED) is 0.666. The molecule has 2 aromatic heterocycles. The highest BCUT2D eigenvalue weighted by Crippen LogP contribution is 2.20. The van der Waals surface area contributed by atoms with Crippen LogP contribution in [0.4, 0.5) is 0 Å². The molecule has 0 aliphatic heterocycles. The van der Waals surface area contributed by atoms with Crippen molar-refractivity contribution in [1.82, 2.24) is 25.5 Å². The van der Waals surface area contributed by atoms with E-state index in [2.05, 4.69) is 25.5 Å². The first-order valence-corrected chi connectivity index (χ1v) is 6.70. The van der Waals surface area contributed by atoms with Crippen molar-refractivity contribution in [3.63, 3.8) is 0 Å². The van der Waals surface area contributed by atoms with Crippen molar-refractivity contribution in [3.8, 4) is 11.3 Å². The molecule has 0 saturated heterocycles. The molecule has 0 aliphatic carbocycles. The molecule has 3 rings (SSSR count). The van der Waals surface area contributed by atoms with Crippen LogP contribution in [0.2, 0.25) is 0 Å². The molecule has 0 radical (unpaired) electrons. The van der Waals surface area contributed by atoms with Gasteiger partial charge in [-0.05, 0) is 0 Å². The van der Waals surface area contributed by atoms with Crippen molar-refractivity contribution < 1.29 is 4.79 Å². The van der Waals surface area contributed by atoms with Gasteiger partial charge in [0.2, 0.25) is 0 Å². The van der Waals surface area contributed by atoms with E-state index in [0.29, 0.717) is 18.5 Å². The fourth-order valence-corrected chi connectivity index (χ4v) is 2.11. The number of carbonyl (C=O) groups excluding carboxylic acids is 1. The van der Waals surface area contributed by atoms with Gasteiger partial charge in [-0.3, -0.25) is 9.89 Å². The topological polar surface area (TPSA) is 86.5 Å². The Kier molecular flexibility index (Phi) is 3.77. The maximum atomic E-state index is 12.2. The second kappa shape index (κ2) is 6.04. The van der Waals surface area contributed by atoms with Crippen LogP contribution in [0, 0.1) is 0 Å². The molecule has 0 aliphatic rings. The summed E-state index contributed by atoms with van der Waals surface area (Å²) in [6.07, 6.45) is 5.67. The van der Waals surface area contributed by atoms with Crippen LogP contribution in [0.25, 0.3) is 11.3 Å². The first-order chi connectivity index (χ1) is 10.3. The molecule has 0 saturated carbocycles. The number of aromatic nitrogens is 4. The van der Waals surface area contributed by atoms with E-state index < -0.39 is 0 Å². The van der Waals surface area contributed by atoms with Crippen molar-refractivity contribution >= 4 is 5.91 Å². The van der Waals surface area contributed by atoms with Gasteiger partial charge in [0.25, 0.3) is 5.91 Å². The first kappa shape index (κ1) is 13.1. The van der Waals surface area contributed by atoms with Gasteiger partial charge in [-0.15, -0.1) is 0 Å². The lowest BCUT2D eigenvalue weighted by atomic mass is 10.1. The summed E-state index contributed by atoms with van der Waals surface area (Å²) in [6, 6.07) is 9.66. The van der Waals surface area contributed by atoms with Crippen molar-refractivity contribution in [1.29, 1.82) is 0 Å². The van der Waals surface area contributed by atoms with Crippen LogP contribution in [0.5, 0.6) is 0 Å². The third-order valence-electron chi connectivity index (χ3n) is 3.15. The van der Waals surface area contributed by atoms with Gasteiger partial charge in [-0.25, -0.2) is 4.98 Å². The summed E-state index contributed by atoms with van der Waals surface area (Å²) in [7, 11) is 0. The molecule has 0 unspecified atom stereocenters. The predicted molar refractivity (Wildman–Crippen MR) is 78.6 cm³/mol. The van der Waals surface area contributed by atoms with Crippen LogP contribution in [0.3, 0.4) is 0 Å². The van der Waals surface area contributed by atoms with Crippen LogP contribution < -0.4 is 5.32 Å². The van der Waals surface area contributed by atoms with Crippen LogP contribution in [0.15, 0.2) is 48.9 Å². The molecule has 6 heteroatoms. The normalized spacial score (nSPS) is 10.5. The van der Waals surface area contributed by atoms with Gasteiger partial charge in [0.05, 0.1) is 17.5 Å². The molecule has 1 amide bonds. The third kappa shape index (κ3) is 3.00. The van der Waals surface area contributed by atoms with Gasteiger partial charge >= 0.3 is 0 Å². The van der Waals surface area contributed by atoms with E-state index in [1.165, 1.54) is 0 Å². The van der Waals surface area contributed by atoms with E-state index in [1.54, 1.807) is 18.6 Å². The maximum Gasteiger partial charge on any atom is 0.255 e. The fraction of sp³-hybridized carbons (Fsp3) is 0.133. The number of nitrogens with one attached hydrogen (secondary N) is 3. The van der Waals surface area contributed by atoms with Crippen molar-refractivity contribution in [2.24, 2.45) is 0 Å². The fourth-order valence-electron chi connectivity index (χ4n) is 2.11. The Labute approximate surface area is 121 Å². The number of hydrogen-bond acceptors (Lipinski definition) is 3. The van der Waals surface area contributed by atoms with E-state index in [4.69, 9.17) is 0 Å². The number of H-pyrrole nitrogens is 2. The Bertz CT molecular complexity index is 703. The maximum absolute atomic E-state index is 12.2. The van der Waals surface area contributed by atoms with E-state index in [-0.39, 0.29) is 5.91 Å². The number of benzene rings is 1. The van der Waals surface area contributed by atoms with E-state index in [9.17, 15) is 4.79 Å². The summed E-state index contributed by atoms with van der Waals surface area (Å²) in [6.45, 7) is 0.520. The van der Waals surface area contributed by atoms with E-state index in [1.807, 2.05) is 30.3 Å². The van der Waals surface area contributed by atoms with Crippen LogP contribution in [0.1, 0.15) is 16.2 Å². The van der Waals surface area contributed by atoms with Crippen LogP contribution in [-0.4, -0.2) is 32.6 Å². The molecule has 0 spiro atoms. The summed E-state index contributed by atoms with van der Waals surface area (Å²) in [5.74, 6) is 0.708. The van der Waals surface area contributed by atoms with Crippen molar-refractivity contribution in [2.45, 2.75) is 6.42 Å². The minimum atomic E-state index is -0.144. The summed E-state index contributed by atoms with van der Waals surface area (Å²) in [4.78, 5) is 19.3. The average molecular weight is 281 g/mol. The summed E-state index contributed by atoms with van der Waals surface area (Å²) in [5.41, 5.74) is 2.21. The van der Waals surface area contributed by atoms with E-state index >= 15 is 0 Å². The highest BCUT2D eigenvalue weighted by molar-refractivity contribution is 5.99. The molecule has 106 valence electrons. The minimum Gasteiger partial charge on any atom is -0.351 e. The van der Waals surface area contributed by atoms with Crippen molar-refractivity contribution in [3.05, 3.63) is 60.3 Å². The predicted octanol–water partition coefficient (Wildman–Crippen LogP) is 1.77. The molecular weight excluding hydrogens is 266 g/mol. The molecule has 3 aromatic rings. The summed E-state index contributed by atoms with van der Waals surface area (Å²) in [5, 5.41) is 9.73. The van der Waals surface area contributed by atoms with Gasteiger partial charge in [-0.2, -0.15) is 5.10 Å². The monoisotopic (exact) mass is 281 g/mol. The van der Waals surface area contributed by atoms with Gasteiger partial charge in [0.15, 0.2) is 0 Å². The number of hydrogen-bond donors (Lipinski definition) is 3. The molecule has 0 fully saturated rings. The lowest BCUT2D eigenvalue weighted by Gasteiger charge is -2.05. The van der Waals surface area contributed by atoms with Gasteiger partial charge in [0, 0.05) is 30.9 Å². The SMILES string of the molecule is O=C(NCCc1ncc[nH]1)c1cn[nH]c1-c1ccccc1. The first-order valence-electron chi connectivity index (χ1n) is 6.70. The Morgan fingerprint density at radius 3 is 2.86 bits per heavy atom. The lowest BCUT2D eigenvalue weighted by molar-refractivity contribution is 0.0954. The summed E-state index contributed by atoms with van der Waals surface area (Å²) >= 11 is 0. The number of carbonyl (C=O) groups is 1. The van der Waals surface area contributed by atoms with Gasteiger partial charge in [0.1, 0.15) is 5.82 Å². The van der Waals surface area contributed by atoms with Crippen LogP contribution >= 0.6 is 0 Å². The molecule has 1 aromatic carbocycles. The molecular formula is C15H15N5O. The molecule has 0 bridgehead atoms. The number of imidazole rings is 1. The highest BCUT2D eigenvalue weighted by atomic mass is 16.1. The molecule has 2 heterocycles. The second-order valence-electron chi connectivity index (χ2n) is 4.57. The summed E-state index contributed by atoms with van der Waals surface area (Å²) < 4.78 is 0. The number of nitrogens with zero attached hydrogens (tertiary/aromatic N) is 2. The van der Waals surface area contributed by atoms with Gasteiger partial charge < -0.3 is 10.3 Å². The molecule has 3 N–H and O–H groups in total. The Hall–Kier alpha value is -2.89. The molecule has 0 atom stereocenters.